The van der Waals surface area contributed by atoms with Crippen molar-refractivity contribution in [1.29, 1.82) is 0 Å². The number of rotatable bonds is 4. The Morgan fingerprint density at radius 1 is 1.26 bits per heavy atom. The highest BCUT2D eigenvalue weighted by Crippen LogP contribution is 2.32. The van der Waals surface area contributed by atoms with Gasteiger partial charge >= 0.3 is 5.97 Å². The number of hydrogen-bond acceptors (Lipinski definition) is 6. The predicted molar refractivity (Wildman–Crippen MR) is 104 cm³/mol. The summed E-state index contributed by atoms with van der Waals surface area (Å²) >= 11 is 1.11. The third-order valence-electron chi connectivity index (χ3n) is 3.76. The summed E-state index contributed by atoms with van der Waals surface area (Å²) < 4.78 is 5.06. The van der Waals surface area contributed by atoms with Crippen LogP contribution in [0.4, 0.5) is 5.69 Å². The van der Waals surface area contributed by atoms with Crippen LogP contribution in [-0.2, 0) is 4.79 Å². The van der Waals surface area contributed by atoms with Crippen LogP contribution in [0.15, 0.2) is 46.3 Å². The lowest BCUT2D eigenvalue weighted by atomic mass is 10.1. The summed E-state index contributed by atoms with van der Waals surface area (Å²) in [6.45, 7) is 1.83. The Kier molecular flexibility index (Phi) is 5.18. The summed E-state index contributed by atoms with van der Waals surface area (Å²) in [6, 6.07) is 9.56. The zero-order chi connectivity index (χ0) is 19.6. The van der Waals surface area contributed by atoms with Gasteiger partial charge in [0.05, 0.1) is 23.3 Å². The number of carbonyl (C=O) groups excluding carboxylic acids is 1. The molecule has 0 bridgehead atoms. The molecule has 0 spiro atoms. The summed E-state index contributed by atoms with van der Waals surface area (Å²) in [6.07, 6.45) is 1.64. The minimum absolute atomic E-state index is 0.00563. The topological polar surface area (TPSA) is 108 Å². The first-order valence-electron chi connectivity index (χ1n) is 7.88. The van der Waals surface area contributed by atoms with Gasteiger partial charge in [-0.05, 0) is 60.2 Å². The number of aryl methyl sites for hydroxylation is 1. The van der Waals surface area contributed by atoms with Gasteiger partial charge in [0.2, 0.25) is 0 Å². The molecular weight excluding hydrogens is 368 g/mol. The molecule has 1 amide bonds. The number of aromatic hydroxyl groups is 1. The maximum absolute atomic E-state index is 12.2. The summed E-state index contributed by atoms with van der Waals surface area (Å²) in [7, 11) is 1.44. The van der Waals surface area contributed by atoms with Gasteiger partial charge in [-0.25, -0.2) is 9.79 Å². The largest absolute Gasteiger partial charge is 0.504 e. The fraction of sp³-hybridized carbons (Fsp3) is 0.105. The van der Waals surface area contributed by atoms with Gasteiger partial charge in [-0.15, -0.1) is 0 Å². The van der Waals surface area contributed by atoms with Crippen molar-refractivity contribution in [3.05, 3.63) is 58.0 Å². The molecule has 0 atom stereocenters. The lowest BCUT2D eigenvalue weighted by Crippen LogP contribution is -2.19. The first kappa shape index (κ1) is 18.5. The van der Waals surface area contributed by atoms with Gasteiger partial charge in [-0.3, -0.25) is 4.79 Å². The van der Waals surface area contributed by atoms with Gasteiger partial charge in [-0.1, -0.05) is 12.1 Å². The van der Waals surface area contributed by atoms with Crippen molar-refractivity contribution in [2.24, 2.45) is 4.99 Å². The predicted octanol–water partition coefficient (Wildman–Crippen LogP) is 3.30. The first-order valence-corrected chi connectivity index (χ1v) is 8.69. The van der Waals surface area contributed by atoms with E-state index >= 15 is 0 Å². The third-order valence-corrected chi connectivity index (χ3v) is 4.67. The zero-order valence-corrected chi connectivity index (χ0v) is 15.3. The smallest absolute Gasteiger partial charge is 0.337 e. The molecular formula is C19H16N2O5S. The number of thioether (sulfide) groups is 1. The van der Waals surface area contributed by atoms with Crippen LogP contribution in [0.5, 0.6) is 11.5 Å². The molecule has 1 aliphatic rings. The van der Waals surface area contributed by atoms with Crippen molar-refractivity contribution < 1.29 is 24.5 Å². The molecule has 2 aromatic rings. The van der Waals surface area contributed by atoms with Crippen molar-refractivity contribution in [2.45, 2.75) is 6.92 Å². The maximum Gasteiger partial charge on any atom is 0.337 e. The Morgan fingerprint density at radius 2 is 2.04 bits per heavy atom. The Balaban J connectivity index is 1.91. The zero-order valence-electron chi connectivity index (χ0n) is 14.5. The number of methoxy groups -OCH3 is 1. The summed E-state index contributed by atoms with van der Waals surface area (Å²) in [4.78, 5) is 28.3. The number of ether oxygens (including phenoxy) is 1. The number of aromatic carboxylic acids is 1. The molecule has 0 aliphatic carbocycles. The minimum atomic E-state index is -1.09. The molecule has 0 unspecified atom stereocenters. The van der Waals surface area contributed by atoms with E-state index in [9.17, 15) is 19.8 Å². The number of nitrogens with one attached hydrogen (secondary N) is 1. The highest BCUT2D eigenvalue weighted by atomic mass is 32.2. The number of carboxylic acids is 1. The third kappa shape index (κ3) is 4.12. The second-order valence-corrected chi connectivity index (χ2v) is 6.77. The Bertz CT molecular complexity index is 998. The van der Waals surface area contributed by atoms with E-state index < -0.39 is 5.97 Å². The second-order valence-electron chi connectivity index (χ2n) is 5.74. The molecule has 27 heavy (non-hydrogen) atoms. The van der Waals surface area contributed by atoms with E-state index in [1.54, 1.807) is 30.3 Å². The molecule has 138 valence electrons. The van der Waals surface area contributed by atoms with Crippen LogP contribution in [0.25, 0.3) is 6.08 Å². The lowest BCUT2D eigenvalue weighted by Gasteiger charge is -2.04. The molecule has 3 rings (SSSR count). The van der Waals surface area contributed by atoms with Gasteiger partial charge < -0.3 is 20.3 Å². The van der Waals surface area contributed by atoms with Gasteiger partial charge in [0, 0.05) is 0 Å². The van der Waals surface area contributed by atoms with Crippen molar-refractivity contribution in [3.8, 4) is 11.5 Å². The Morgan fingerprint density at radius 3 is 2.74 bits per heavy atom. The highest BCUT2D eigenvalue weighted by molar-refractivity contribution is 8.18. The van der Waals surface area contributed by atoms with Crippen molar-refractivity contribution in [2.75, 3.05) is 7.11 Å². The van der Waals surface area contributed by atoms with E-state index in [1.165, 1.54) is 19.2 Å². The van der Waals surface area contributed by atoms with Crippen molar-refractivity contribution >= 4 is 40.6 Å². The fourth-order valence-electron chi connectivity index (χ4n) is 2.44. The minimum Gasteiger partial charge on any atom is -0.504 e. The average molecular weight is 384 g/mol. The molecule has 8 heteroatoms. The van der Waals surface area contributed by atoms with Gasteiger partial charge in [0.1, 0.15) is 0 Å². The number of amides is 1. The molecule has 7 nitrogen and oxygen atoms in total. The van der Waals surface area contributed by atoms with E-state index in [-0.39, 0.29) is 22.9 Å². The molecule has 2 aromatic carbocycles. The molecule has 0 aromatic heterocycles. The standard InChI is InChI=1S/C19H16N2O5S/c1-10-3-5-12(18(24)25)13(7-10)20-19-21-17(23)16(27-19)9-11-4-6-14(22)15(8-11)26-2/h3-9,22H,1-2H3,(H,24,25)(H,20,21,23)/b16-9-. The molecule has 1 saturated heterocycles. The quantitative estimate of drug-likeness (QED) is 0.698. The number of benzene rings is 2. The van der Waals surface area contributed by atoms with Crippen LogP contribution in [-0.4, -0.2) is 34.4 Å². The van der Waals surface area contributed by atoms with Crippen molar-refractivity contribution in [1.82, 2.24) is 5.32 Å². The number of phenolic OH excluding ortho intramolecular Hbond substituents is 1. The highest BCUT2D eigenvalue weighted by Gasteiger charge is 2.24. The van der Waals surface area contributed by atoms with Crippen LogP contribution in [0.2, 0.25) is 0 Å². The molecule has 0 radical (unpaired) electrons. The number of carbonyl (C=O) groups is 2. The number of aliphatic imine (C=N–C) groups is 1. The second kappa shape index (κ2) is 7.55. The molecule has 3 N–H and O–H groups in total. The number of carboxylic acid groups (broad SMARTS) is 1. The number of nitrogens with zero attached hydrogens (tertiary/aromatic N) is 1. The van der Waals surface area contributed by atoms with E-state index in [4.69, 9.17) is 4.74 Å². The number of amidine groups is 1. The fourth-order valence-corrected chi connectivity index (χ4v) is 3.28. The van der Waals surface area contributed by atoms with Gasteiger partial charge in [0.25, 0.3) is 5.91 Å². The van der Waals surface area contributed by atoms with Crippen LogP contribution in [0.1, 0.15) is 21.5 Å². The maximum atomic E-state index is 12.2. The normalized spacial score (nSPS) is 16.6. The van der Waals surface area contributed by atoms with E-state index in [0.29, 0.717) is 21.4 Å². The first-order chi connectivity index (χ1) is 12.9. The van der Waals surface area contributed by atoms with Gasteiger partial charge in [0.15, 0.2) is 16.7 Å². The van der Waals surface area contributed by atoms with Gasteiger partial charge in [-0.2, -0.15) is 0 Å². The van der Waals surface area contributed by atoms with E-state index in [0.717, 1.165) is 17.3 Å². The van der Waals surface area contributed by atoms with Crippen LogP contribution in [0, 0.1) is 6.92 Å². The monoisotopic (exact) mass is 384 g/mol. The molecule has 1 heterocycles. The van der Waals surface area contributed by atoms with Crippen molar-refractivity contribution in [3.63, 3.8) is 0 Å². The van der Waals surface area contributed by atoms with E-state index in [1.807, 2.05) is 6.92 Å². The molecule has 1 aliphatic heterocycles. The summed E-state index contributed by atoms with van der Waals surface area (Å²) in [5.74, 6) is -1.12. The van der Waals surface area contributed by atoms with E-state index in [2.05, 4.69) is 10.3 Å². The van der Waals surface area contributed by atoms with Crippen LogP contribution >= 0.6 is 11.8 Å². The summed E-state index contributed by atoms with van der Waals surface area (Å²) in [5.41, 5.74) is 1.87. The van der Waals surface area contributed by atoms with Crippen LogP contribution < -0.4 is 10.1 Å². The molecule has 1 fully saturated rings. The Hall–Kier alpha value is -3.26. The number of hydrogen-bond donors (Lipinski definition) is 3. The SMILES string of the molecule is COc1cc(/C=C2\SC(=Nc3cc(C)ccc3C(=O)O)NC2=O)ccc1O. The molecule has 0 saturated carbocycles. The Labute approximate surface area is 159 Å². The number of phenols is 1. The van der Waals surface area contributed by atoms with Crippen LogP contribution in [0.3, 0.4) is 0 Å². The lowest BCUT2D eigenvalue weighted by molar-refractivity contribution is -0.115. The average Bonchev–Trinajstić information content (AvgIpc) is 2.95. The summed E-state index contributed by atoms with van der Waals surface area (Å²) in [5, 5.41) is 21.9.